The Morgan fingerprint density at radius 1 is 1.60 bits per heavy atom. The Hall–Kier alpha value is -1.42. The van der Waals surface area contributed by atoms with Gasteiger partial charge in [-0.15, -0.1) is 11.3 Å². The molecule has 0 spiro atoms. The maximum atomic E-state index is 11.5. The maximum absolute atomic E-state index is 11.5. The van der Waals surface area contributed by atoms with Gasteiger partial charge in [0, 0.05) is 30.9 Å². The number of hydrogen-bond donors (Lipinski definition) is 2. The number of carbonyl (C=O) groups is 1. The first kappa shape index (κ1) is 16.6. The van der Waals surface area contributed by atoms with Crippen LogP contribution in [0.5, 0.6) is 0 Å². The Morgan fingerprint density at radius 3 is 2.85 bits per heavy atom. The molecule has 0 aliphatic heterocycles. The van der Waals surface area contributed by atoms with Crippen molar-refractivity contribution in [2.24, 2.45) is 11.8 Å². The van der Waals surface area contributed by atoms with Crippen LogP contribution in [-0.2, 0) is 6.54 Å². The topological polar surface area (TPSA) is 82.2 Å². The number of nitrogens with two attached hydrogens (primary N) is 1. The van der Waals surface area contributed by atoms with Crippen molar-refractivity contribution in [2.45, 2.75) is 33.7 Å². The fourth-order valence-corrected chi connectivity index (χ4v) is 3.00. The van der Waals surface area contributed by atoms with E-state index in [-0.39, 0.29) is 5.91 Å². The fraction of sp³-hybridized carbons (Fsp3) is 0.571. The van der Waals surface area contributed by atoms with E-state index in [1.54, 1.807) is 0 Å². The van der Waals surface area contributed by atoms with Crippen molar-refractivity contribution in [3.8, 4) is 6.07 Å². The highest BCUT2D eigenvalue weighted by atomic mass is 32.1. The quantitative estimate of drug-likeness (QED) is 0.458. The lowest BCUT2D eigenvalue weighted by Crippen LogP contribution is -2.29. The van der Waals surface area contributed by atoms with Crippen LogP contribution >= 0.6 is 11.3 Å². The number of hydrogen-bond acceptors (Lipinski definition) is 5. The van der Waals surface area contributed by atoms with Gasteiger partial charge >= 0.3 is 0 Å². The molecule has 6 heteroatoms. The highest BCUT2D eigenvalue weighted by Crippen LogP contribution is 2.23. The van der Waals surface area contributed by atoms with Gasteiger partial charge in [-0.25, -0.2) is 5.84 Å². The Balaban J connectivity index is 2.79. The Bertz CT molecular complexity index is 490. The molecule has 1 rings (SSSR count). The molecule has 0 saturated carbocycles. The van der Waals surface area contributed by atoms with Crippen molar-refractivity contribution in [1.29, 1.82) is 5.26 Å². The first-order valence-corrected chi connectivity index (χ1v) is 7.49. The molecule has 1 heterocycles. The van der Waals surface area contributed by atoms with Crippen molar-refractivity contribution in [3.63, 3.8) is 0 Å². The molecule has 0 aliphatic carbocycles. The van der Waals surface area contributed by atoms with Gasteiger partial charge in [-0.2, -0.15) is 5.26 Å². The molecular weight excluding hydrogens is 272 g/mol. The number of nitriles is 1. The van der Waals surface area contributed by atoms with Crippen LogP contribution in [0, 0.1) is 24.2 Å². The standard InChI is InChI=1S/C14H22N4OS/c1-10(2)8-18(6-4-5-15)9-12-7-13(14(19)17-16)20-11(12)3/h7,10H,4,6,8-9,16H2,1-3H3,(H,17,19). The zero-order chi connectivity index (χ0) is 15.1. The molecule has 1 amide bonds. The SMILES string of the molecule is Cc1sc(C(=O)NN)cc1CN(CCC#N)CC(C)C. The minimum absolute atomic E-state index is 0.253. The molecule has 20 heavy (non-hydrogen) atoms. The van der Waals surface area contributed by atoms with E-state index in [0.717, 1.165) is 30.1 Å². The molecule has 1 aromatic heterocycles. The van der Waals surface area contributed by atoms with Gasteiger partial charge in [0.15, 0.2) is 0 Å². The van der Waals surface area contributed by atoms with E-state index in [0.29, 0.717) is 17.2 Å². The van der Waals surface area contributed by atoms with E-state index in [1.165, 1.54) is 11.3 Å². The lowest BCUT2D eigenvalue weighted by molar-refractivity contribution is 0.0957. The van der Waals surface area contributed by atoms with Crippen LogP contribution in [0.15, 0.2) is 6.07 Å². The second kappa shape index (κ2) is 8.00. The van der Waals surface area contributed by atoms with E-state index in [9.17, 15) is 4.79 Å². The summed E-state index contributed by atoms with van der Waals surface area (Å²) in [4.78, 5) is 15.5. The molecule has 1 aromatic rings. The molecule has 0 radical (unpaired) electrons. The summed E-state index contributed by atoms with van der Waals surface area (Å²) in [6.07, 6.45) is 0.520. The number of nitrogens with one attached hydrogen (secondary N) is 1. The van der Waals surface area contributed by atoms with Crippen LogP contribution in [0.25, 0.3) is 0 Å². The van der Waals surface area contributed by atoms with Gasteiger partial charge in [-0.1, -0.05) is 13.8 Å². The lowest BCUT2D eigenvalue weighted by Gasteiger charge is -2.23. The Labute approximate surface area is 124 Å². The molecule has 3 N–H and O–H groups in total. The zero-order valence-electron chi connectivity index (χ0n) is 12.3. The van der Waals surface area contributed by atoms with E-state index in [1.807, 2.05) is 13.0 Å². The Kier molecular flexibility index (Phi) is 6.65. The van der Waals surface area contributed by atoms with Crippen LogP contribution in [0.3, 0.4) is 0 Å². The number of carbonyl (C=O) groups excluding carboxylic acids is 1. The summed E-state index contributed by atoms with van der Waals surface area (Å²) in [7, 11) is 0. The van der Waals surface area contributed by atoms with Crippen molar-refractivity contribution in [2.75, 3.05) is 13.1 Å². The van der Waals surface area contributed by atoms with Crippen LogP contribution in [-0.4, -0.2) is 23.9 Å². The van der Waals surface area contributed by atoms with Crippen LogP contribution in [0.4, 0.5) is 0 Å². The van der Waals surface area contributed by atoms with Gasteiger partial charge in [0.25, 0.3) is 5.91 Å². The molecule has 110 valence electrons. The van der Waals surface area contributed by atoms with Crippen molar-refractivity contribution in [1.82, 2.24) is 10.3 Å². The molecule has 0 unspecified atom stereocenters. The molecule has 0 fully saturated rings. The summed E-state index contributed by atoms with van der Waals surface area (Å²) in [6, 6.07) is 4.08. The second-order valence-corrected chi connectivity index (χ2v) is 6.46. The Morgan fingerprint density at radius 2 is 2.30 bits per heavy atom. The zero-order valence-corrected chi connectivity index (χ0v) is 13.1. The van der Waals surface area contributed by atoms with E-state index in [2.05, 4.69) is 30.2 Å². The number of rotatable bonds is 7. The third-order valence-corrected chi connectivity index (χ3v) is 4.02. The predicted molar refractivity (Wildman–Crippen MR) is 81.1 cm³/mol. The summed E-state index contributed by atoms with van der Waals surface area (Å²) < 4.78 is 0. The van der Waals surface area contributed by atoms with Gasteiger partial charge in [-0.3, -0.25) is 15.1 Å². The number of amides is 1. The molecular formula is C14H22N4OS. The highest BCUT2D eigenvalue weighted by molar-refractivity contribution is 7.14. The van der Waals surface area contributed by atoms with Crippen LogP contribution in [0.2, 0.25) is 0 Å². The lowest BCUT2D eigenvalue weighted by atomic mass is 10.1. The van der Waals surface area contributed by atoms with Gasteiger partial charge < -0.3 is 0 Å². The molecule has 0 saturated heterocycles. The molecule has 0 aliphatic rings. The first-order valence-electron chi connectivity index (χ1n) is 6.67. The minimum atomic E-state index is -0.253. The number of aryl methyl sites for hydroxylation is 1. The summed E-state index contributed by atoms with van der Waals surface area (Å²) in [6.45, 7) is 8.78. The number of thiophene rings is 1. The monoisotopic (exact) mass is 294 g/mol. The average Bonchev–Trinajstić information content (AvgIpc) is 2.76. The summed E-state index contributed by atoms with van der Waals surface area (Å²) in [5.74, 6) is 5.45. The fourth-order valence-electron chi connectivity index (χ4n) is 2.06. The average molecular weight is 294 g/mol. The molecule has 5 nitrogen and oxygen atoms in total. The summed E-state index contributed by atoms with van der Waals surface area (Å²) in [5.41, 5.74) is 3.29. The van der Waals surface area contributed by atoms with E-state index < -0.39 is 0 Å². The smallest absolute Gasteiger partial charge is 0.275 e. The van der Waals surface area contributed by atoms with Crippen molar-refractivity contribution >= 4 is 17.2 Å². The van der Waals surface area contributed by atoms with E-state index in [4.69, 9.17) is 11.1 Å². The number of nitrogen functional groups attached to an aromatic ring is 1. The van der Waals surface area contributed by atoms with Gasteiger partial charge in [0.05, 0.1) is 10.9 Å². The third-order valence-electron chi connectivity index (χ3n) is 2.93. The number of hydrazine groups is 1. The molecule has 0 bridgehead atoms. The van der Waals surface area contributed by atoms with Gasteiger partial charge in [-0.05, 0) is 24.5 Å². The van der Waals surface area contributed by atoms with Gasteiger partial charge in [0.2, 0.25) is 0 Å². The highest BCUT2D eigenvalue weighted by Gasteiger charge is 2.15. The second-order valence-electron chi connectivity index (χ2n) is 5.20. The van der Waals surface area contributed by atoms with Crippen LogP contribution < -0.4 is 11.3 Å². The third kappa shape index (κ3) is 4.93. The van der Waals surface area contributed by atoms with Crippen molar-refractivity contribution in [3.05, 3.63) is 21.4 Å². The minimum Gasteiger partial charge on any atom is -0.298 e. The van der Waals surface area contributed by atoms with E-state index >= 15 is 0 Å². The van der Waals surface area contributed by atoms with Crippen molar-refractivity contribution < 1.29 is 4.79 Å². The predicted octanol–water partition coefficient (Wildman–Crippen LogP) is 2.03. The van der Waals surface area contributed by atoms with Crippen LogP contribution in [0.1, 0.15) is 40.4 Å². The molecule has 0 atom stereocenters. The largest absolute Gasteiger partial charge is 0.298 e. The summed E-state index contributed by atoms with van der Waals surface area (Å²) >= 11 is 1.45. The maximum Gasteiger partial charge on any atom is 0.275 e. The first-order chi connectivity index (χ1) is 9.47. The van der Waals surface area contributed by atoms with Gasteiger partial charge in [0.1, 0.15) is 0 Å². The normalized spacial score (nSPS) is 10.8. The summed E-state index contributed by atoms with van der Waals surface area (Å²) in [5, 5.41) is 8.74. The molecule has 0 aromatic carbocycles. The number of nitrogens with zero attached hydrogens (tertiary/aromatic N) is 2.